The van der Waals surface area contributed by atoms with Crippen LogP contribution in [0.1, 0.15) is 24.1 Å². The maximum atomic E-state index is 13.9. The van der Waals surface area contributed by atoms with E-state index in [4.69, 9.17) is 23.2 Å². The van der Waals surface area contributed by atoms with Crippen molar-refractivity contribution in [3.63, 3.8) is 0 Å². The number of hydrogen-bond acceptors (Lipinski definition) is 1. The van der Waals surface area contributed by atoms with E-state index < -0.39 is 5.82 Å². The van der Waals surface area contributed by atoms with Gasteiger partial charge in [-0.3, -0.25) is 0 Å². The average molecular weight is 285 g/mol. The monoisotopic (exact) mass is 284 g/mol. The first kappa shape index (κ1) is 12.0. The molecule has 0 amide bonds. The summed E-state index contributed by atoms with van der Waals surface area (Å²) in [5.41, 5.74) is 2.39. The molecule has 0 bridgehead atoms. The Bertz CT molecular complexity index is 607. The summed E-state index contributed by atoms with van der Waals surface area (Å²) in [6.07, 6.45) is 4.06. The molecule has 0 atom stereocenters. The Kier molecular flexibility index (Phi) is 3.04. The molecule has 0 radical (unpaired) electrons. The van der Waals surface area contributed by atoms with Gasteiger partial charge in [-0.1, -0.05) is 23.2 Å². The number of fused-ring (bicyclic) bond motifs is 1. The zero-order chi connectivity index (χ0) is 12.7. The number of rotatable bonds is 1. The quantitative estimate of drug-likeness (QED) is 0.768. The van der Waals surface area contributed by atoms with Gasteiger partial charge in [-0.05, 0) is 43.9 Å². The van der Waals surface area contributed by atoms with Gasteiger partial charge in [0.05, 0.1) is 5.69 Å². The highest BCUT2D eigenvalue weighted by Crippen LogP contribution is 2.30. The Hall–Kier alpha value is -1.06. The van der Waals surface area contributed by atoms with Crippen molar-refractivity contribution in [3.05, 3.63) is 45.4 Å². The summed E-state index contributed by atoms with van der Waals surface area (Å²) in [6, 6.07) is 4.51. The molecule has 0 fully saturated rings. The molecule has 1 heterocycles. The molecular formula is C13H11Cl2FN2. The Morgan fingerprint density at radius 3 is 2.67 bits per heavy atom. The van der Waals surface area contributed by atoms with Crippen LogP contribution < -0.4 is 0 Å². The van der Waals surface area contributed by atoms with E-state index >= 15 is 0 Å². The Labute approximate surface area is 114 Å². The lowest BCUT2D eigenvalue weighted by Gasteiger charge is -2.08. The van der Waals surface area contributed by atoms with Gasteiger partial charge in [-0.25, -0.2) is 9.07 Å². The van der Waals surface area contributed by atoms with E-state index in [1.54, 1.807) is 12.1 Å². The number of nitrogens with zero attached hydrogens (tertiary/aromatic N) is 2. The topological polar surface area (TPSA) is 17.8 Å². The predicted octanol–water partition coefficient (Wildman–Crippen LogP) is 4.20. The van der Waals surface area contributed by atoms with Crippen molar-refractivity contribution in [2.24, 2.45) is 0 Å². The summed E-state index contributed by atoms with van der Waals surface area (Å²) >= 11 is 12.0. The summed E-state index contributed by atoms with van der Waals surface area (Å²) < 4.78 is 15.4. The van der Waals surface area contributed by atoms with Gasteiger partial charge in [-0.2, -0.15) is 5.10 Å². The van der Waals surface area contributed by atoms with Crippen molar-refractivity contribution < 1.29 is 4.39 Å². The third-order valence-corrected chi connectivity index (χ3v) is 3.86. The van der Waals surface area contributed by atoms with Gasteiger partial charge < -0.3 is 0 Å². The molecule has 5 heteroatoms. The second-order valence-electron chi connectivity index (χ2n) is 4.43. The fraction of sp³-hybridized carbons (Fsp3) is 0.308. The van der Waals surface area contributed by atoms with Crippen molar-refractivity contribution in [3.8, 4) is 5.69 Å². The van der Waals surface area contributed by atoms with Crippen molar-refractivity contribution in [2.45, 2.75) is 25.7 Å². The van der Waals surface area contributed by atoms with Crippen molar-refractivity contribution in [2.75, 3.05) is 0 Å². The molecule has 0 spiro atoms. The maximum absolute atomic E-state index is 13.9. The van der Waals surface area contributed by atoms with E-state index in [9.17, 15) is 4.39 Å². The largest absolute Gasteiger partial charge is 0.219 e. The highest BCUT2D eigenvalue weighted by molar-refractivity contribution is 6.31. The van der Waals surface area contributed by atoms with Gasteiger partial charge in [0.15, 0.2) is 0 Å². The van der Waals surface area contributed by atoms with Crippen LogP contribution in [0, 0.1) is 5.82 Å². The zero-order valence-corrected chi connectivity index (χ0v) is 11.1. The van der Waals surface area contributed by atoms with Gasteiger partial charge in [0.1, 0.15) is 16.7 Å². The van der Waals surface area contributed by atoms with Gasteiger partial charge >= 0.3 is 0 Å². The minimum absolute atomic E-state index is 0.346. The van der Waals surface area contributed by atoms with Gasteiger partial charge in [0.2, 0.25) is 0 Å². The first-order valence-electron chi connectivity index (χ1n) is 5.88. The van der Waals surface area contributed by atoms with Gasteiger partial charge in [-0.15, -0.1) is 0 Å². The van der Waals surface area contributed by atoms with Crippen molar-refractivity contribution in [1.82, 2.24) is 9.78 Å². The highest BCUT2D eigenvalue weighted by atomic mass is 35.5. The number of halogens is 3. The Morgan fingerprint density at radius 2 is 1.94 bits per heavy atom. The van der Waals surface area contributed by atoms with Crippen LogP contribution in [0.4, 0.5) is 4.39 Å². The molecule has 94 valence electrons. The summed E-state index contributed by atoms with van der Waals surface area (Å²) in [5.74, 6) is -0.413. The zero-order valence-electron chi connectivity index (χ0n) is 9.59. The van der Waals surface area contributed by atoms with E-state index in [1.807, 2.05) is 0 Å². The number of aryl methyl sites for hydroxylation is 1. The van der Waals surface area contributed by atoms with E-state index in [2.05, 4.69) is 5.10 Å². The fourth-order valence-corrected chi connectivity index (χ4v) is 2.82. The molecule has 18 heavy (non-hydrogen) atoms. The van der Waals surface area contributed by atoms with Crippen molar-refractivity contribution >= 4 is 23.2 Å². The van der Waals surface area contributed by atoms with E-state index in [-0.39, 0.29) is 0 Å². The number of aromatic nitrogens is 2. The lowest BCUT2D eigenvalue weighted by molar-refractivity contribution is 0.609. The number of hydrogen-bond donors (Lipinski definition) is 0. The molecule has 1 aliphatic rings. The molecule has 1 aromatic heterocycles. The van der Waals surface area contributed by atoms with E-state index in [1.165, 1.54) is 10.7 Å². The van der Waals surface area contributed by atoms with Crippen LogP contribution in [-0.4, -0.2) is 9.78 Å². The maximum Gasteiger partial charge on any atom is 0.150 e. The summed E-state index contributed by atoms with van der Waals surface area (Å²) in [4.78, 5) is 0. The molecule has 2 aromatic rings. The third-order valence-electron chi connectivity index (χ3n) is 3.23. The van der Waals surface area contributed by atoms with E-state index in [0.29, 0.717) is 15.9 Å². The second kappa shape index (κ2) is 4.56. The van der Waals surface area contributed by atoms with Crippen LogP contribution >= 0.6 is 23.2 Å². The molecule has 0 saturated heterocycles. The predicted molar refractivity (Wildman–Crippen MR) is 70.2 cm³/mol. The summed E-state index contributed by atoms with van der Waals surface area (Å²) in [6.45, 7) is 0. The molecule has 0 unspecified atom stereocenters. The van der Waals surface area contributed by atoms with Crippen LogP contribution in [0.15, 0.2) is 18.2 Å². The number of benzene rings is 1. The average Bonchev–Trinajstić information content (AvgIpc) is 2.68. The van der Waals surface area contributed by atoms with Gasteiger partial charge in [0, 0.05) is 10.6 Å². The molecule has 0 saturated carbocycles. The highest BCUT2D eigenvalue weighted by Gasteiger charge is 2.21. The lowest BCUT2D eigenvalue weighted by Crippen LogP contribution is -2.01. The molecule has 1 aliphatic carbocycles. The Balaban J connectivity index is 2.14. The standard InChI is InChI=1S/C13H11Cl2FN2/c14-8-5-6-12(10(16)7-8)18-13(15)9-3-1-2-4-11(9)17-18/h5-7H,1-4H2. The second-order valence-corrected chi connectivity index (χ2v) is 5.23. The van der Waals surface area contributed by atoms with Crippen molar-refractivity contribution in [1.29, 1.82) is 0 Å². The van der Waals surface area contributed by atoms with Gasteiger partial charge in [0.25, 0.3) is 0 Å². The molecule has 1 aromatic carbocycles. The Morgan fingerprint density at radius 1 is 1.17 bits per heavy atom. The molecule has 3 rings (SSSR count). The normalized spacial score (nSPS) is 14.6. The molecule has 2 nitrogen and oxygen atoms in total. The minimum atomic E-state index is -0.413. The van der Waals surface area contributed by atoms with Crippen LogP contribution in [0.25, 0.3) is 5.69 Å². The first-order chi connectivity index (χ1) is 8.66. The molecule has 0 N–H and O–H groups in total. The van der Waals surface area contributed by atoms with Crippen LogP contribution in [0.3, 0.4) is 0 Å². The summed E-state index contributed by atoms with van der Waals surface area (Å²) in [7, 11) is 0. The smallest absolute Gasteiger partial charge is 0.150 e. The SMILES string of the molecule is Fc1cc(Cl)ccc1-n1nc2c(c1Cl)CCCC2. The van der Waals surface area contributed by atoms with Crippen LogP contribution in [-0.2, 0) is 12.8 Å². The van der Waals surface area contributed by atoms with E-state index in [0.717, 1.165) is 36.9 Å². The lowest BCUT2D eigenvalue weighted by atomic mass is 9.99. The van der Waals surface area contributed by atoms with Crippen LogP contribution in [0.5, 0.6) is 0 Å². The molecular weight excluding hydrogens is 274 g/mol. The first-order valence-corrected chi connectivity index (χ1v) is 6.64. The minimum Gasteiger partial charge on any atom is -0.219 e. The fourth-order valence-electron chi connectivity index (χ4n) is 2.33. The third kappa shape index (κ3) is 1.91. The summed E-state index contributed by atoms with van der Waals surface area (Å²) in [5, 5.41) is 5.30. The molecule has 0 aliphatic heterocycles. The van der Waals surface area contributed by atoms with Crippen LogP contribution in [0.2, 0.25) is 10.2 Å².